The summed E-state index contributed by atoms with van der Waals surface area (Å²) in [6, 6.07) is 4.32. The average molecular weight is 259 g/mol. The van der Waals surface area contributed by atoms with Crippen molar-refractivity contribution in [3.8, 4) is 0 Å². The minimum absolute atomic E-state index is 0.0645. The number of carbonyl (C=O) groups excluding carboxylic acids is 1. The first-order valence-corrected chi connectivity index (χ1v) is 5.66. The molecule has 0 aliphatic heterocycles. The maximum absolute atomic E-state index is 13.1. The van der Waals surface area contributed by atoms with Gasteiger partial charge in [0.05, 0.1) is 11.6 Å². The van der Waals surface area contributed by atoms with Crippen molar-refractivity contribution in [2.45, 2.75) is 26.3 Å². The van der Waals surface area contributed by atoms with Gasteiger partial charge in [-0.1, -0.05) is 11.6 Å². The number of anilines is 1. The van der Waals surface area contributed by atoms with Crippen molar-refractivity contribution >= 4 is 23.2 Å². The van der Waals surface area contributed by atoms with Gasteiger partial charge in [0.1, 0.15) is 5.82 Å². The van der Waals surface area contributed by atoms with Gasteiger partial charge in [-0.2, -0.15) is 0 Å². The molecule has 0 unspecified atom stereocenters. The van der Waals surface area contributed by atoms with Gasteiger partial charge in [-0.05, 0) is 39.0 Å². The number of carbonyl (C=O) groups is 1. The molecule has 0 atom stereocenters. The fourth-order valence-corrected chi connectivity index (χ4v) is 1.37. The zero-order valence-corrected chi connectivity index (χ0v) is 10.9. The average Bonchev–Trinajstić information content (AvgIpc) is 2.17. The Labute approximate surface area is 105 Å². The fraction of sp³-hybridized carbons (Fsp3) is 0.417. The van der Waals surface area contributed by atoms with Crippen LogP contribution in [-0.4, -0.2) is 18.0 Å². The summed E-state index contributed by atoms with van der Waals surface area (Å²) >= 11 is 5.55. The number of rotatable bonds is 3. The third kappa shape index (κ3) is 5.04. The van der Waals surface area contributed by atoms with E-state index < -0.39 is 5.82 Å². The molecule has 1 amide bonds. The minimum atomic E-state index is -0.507. The number of amides is 1. The van der Waals surface area contributed by atoms with Gasteiger partial charge in [0.15, 0.2) is 0 Å². The predicted octanol–water partition coefficient (Wildman–Crippen LogP) is 2.81. The maximum atomic E-state index is 13.1. The van der Waals surface area contributed by atoms with Crippen LogP contribution in [0.15, 0.2) is 18.2 Å². The van der Waals surface area contributed by atoms with Gasteiger partial charge < -0.3 is 10.6 Å². The van der Waals surface area contributed by atoms with Crippen LogP contribution in [0.2, 0.25) is 5.02 Å². The number of hydrogen-bond donors (Lipinski definition) is 2. The van der Waals surface area contributed by atoms with Crippen LogP contribution in [0.1, 0.15) is 20.8 Å². The van der Waals surface area contributed by atoms with Crippen molar-refractivity contribution in [2.75, 3.05) is 11.9 Å². The molecule has 0 saturated carbocycles. The predicted molar refractivity (Wildman–Crippen MR) is 67.8 cm³/mol. The van der Waals surface area contributed by atoms with E-state index in [1.54, 1.807) is 6.07 Å². The molecule has 0 heterocycles. The summed E-state index contributed by atoms with van der Waals surface area (Å²) in [6.07, 6.45) is 0. The van der Waals surface area contributed by atoms with E-state index in [-0.39, 0.29) is 23.0 Å². The minimum Gasteiger partial charge on any atom is -0.376 e. The summed E-state index contributed by atoms with van der Waals surface area (Å²) in [6.45, 7) is 5.78. The molecule has 1 aromatic rings. The molecule has 5 heteroatoms. The van der Waals surface area contributed by atoms with Crippen LogP contribution in [0.5, 0.6) is 0 Å². The Balaban J connectivity index is 2.50. The topological polar surface area (TPSA) is 41.1 Å². The maximum Gasteiger partial charge on any atom is 0.239 e. The van der Waals surface area contributed by atoms with Crippen molar-refractivity contribution in [1.29, 1.82) is 0 Å². The normalized spacial score (nSPS) is 11.1. The lowest BCUT2D eigenvalue weighted by molar-refractivity contribution is -0.120. The number of benzene rings is 1. The largest absolute Gasteiger partial charge is 0.376 e. The van der Waals surface area contributed by atoms with E-state index in [0.29, 0.717) is 5.69 Å². The smallest absolute Gasteiger partial charge is 0.239 e. The quantitative estimate of drug-likeness (QED) is 0.875. The summed E-state index contributed by atoms with van der Waals surface area (Å²) in [5.74, 6) is -0.652. The van der Waals surface area contributed by atoms with E-state index in [0.717, 1.165) is 0 Å². The zero-order chi connectivity index (χ0) is 13.1. The molecular formula is C12H16ClFN2O. The molecule has 17 heavy (non-hydrogen) atoms. The van der Waals surface area contributed by atoms with Gasteiger partial charge >= 0.3 is 0 Å². The third-order valence-electron chi connectivity index (χ3n) is 1.89. The van der Waals surface area contributed by atoms with Crippen LogP contribution in [-0.2, 0) is 4.79 Å². The van der Waals surface area contributed by atoms with E-state index in [2.05, 4.69) is 10.6 Å². The molecular weight excluding hydrogens is 243 g/mol. The highest BCUT2D eigenvalue weighted by molar-refractivity contribution is 6.30. The monoisotopic (exact) mass is 258 g/mol. The highest BCUT2D eigenvalue weighted by Crippen LogP contribution is 2.18. The number of hydrogen-bond acceptors (Lipinski definition) is 2. The Bertz CT molecular complexity index is 415. The molecule has 0 saturated heterocycles. The van der Waals surface area contributed by atoms with Gasteiger partial charge in [-0.25, -0.2) is 4.39 Å². The van der Waals surface area contributed by atoms with Crippen molar-refractivity contribution in [3.63, 3.8) is 0 Å². The molecule has 0 aliphatic carbocycles. The lowest BCUT2D eigenvalue weighted by Crippen LogP contribution is -2.43. The van der Waals surface area contributed by atoms with Crippen molar-refractivity contribution in [1.82, 2.24) is 5.32 Å². The molecule has 1 aromatic carbocycles. The summed E-state index contributed by atoms with van der Waals surface area (Å²) < 4.78 is 13.1. The van der Waals surface area contributed by atoms with Gasteiger partial charge in [0, 0.05) is 11.2 Å². The summed E-state index contributed by atoms with van der Waals surface area (Å²) in [5.41, 5.74) is 0.250. The van der Waals surface area contributed by atoms with Crippen LogP contribution in [0, 0.1) is 5.82 Å². The standard InChI is InChI=1S/C12H16ClFN2O/c1-12(2,3)16-11(17)7-15-8-4-5-9(13)10(14)6-8/h4-6,15H,7H2,1-3H3,(H,16,17). The summed E-state index contributed by atoms with van der Waals surface area (Å²) in [7, 11) is 0. The van der Waals surface area contributed by atoms with Crippen LogP contribution < -0.4 is 10.6 Å². The second-order valence-electron chi connectivity index (χ2n) is 4.78. The highest BCUT2D eigenvalue weighted by atomic mass is 35.5. The first-order chi connectivity index (χ1) is 7.78. The van der Waals surface area contributed by atoms with Crippen LogP contribution in [0.4, 0.5) is 10.1 Å². The van der Waals surface area contributed by atoms with Gasteiger partial charge in [-0.3, -0.25) is 4.79 Å². The number of nitrogens with one attached hydrogen (secondary N) is 2. The molecule has 0 bridgehead atoms. The Hall–Kier alpha value is -1.29. The van der Waals surface area contributed by atoms with Crippen LogP contribution in [0.3, 0.4) is 0 Å². The van der Waals surface area contributed by atoms with Crippen molar-refractivity contribution < 1.29 is 9.18 Å². The van der Waals surface area contributed by atoms with Gasteiger partial charge in [0.2, 0.25) is 5.91 Å². The lowest BCUT2D eigenvalue weighted by atomic mass is 10.1. The molecule has 0 fully saturated rings. The van der Waals surface area contributed by atoms with E-state index in [4.69, 9.17) is 11.6 Å². The Morgan fingerprint density at radius 2 is 2.06 bits per heavy atom. The molecule has 3 nitrogen and oxygen atoms in total. The first-order valence-electron chi connectivity index (χ1n) is 5.28. The molecule has 0 aromatic heterocycles. The van der Waals surface area contributed by atoms with E-state index in [9.17, 15) is 9.18 Å². The van der Waals surface area contributed by atoms with Crippen LogP contribution in [0.25, 0.3) is 0 Å². The third-order valence-corrected chi connectivity index (χ3v) is 2.19. The number of halogens is 2. The first kappa shape index (κ1) is 13.8. The van der Waals surface area contributed by atoms with Gasteiger partial charge in [0.25, 0.3) is 0 Å². The van der Waals surface area contributed by atoms with Crippen molar-refractivity contribution in [3.05, 3.63) is 29.0 Å². The molecule has 0 radical (unpaired) electrons. The second kappa shape index (κ2) is 5.36. The summed E-state index contributed by atoms with van der Waals surface area (Å²) in [4.78, 5) is 11.5. The molecule has 94 valence electrons. The van der Waals surface area contributed by atoms with Crippen LogP contribution >= 0.6 is 11.6 Å². The zero-order valence-electron chi connectivity index (χ0n) is 10.1. The molecule has 0 spiro atoms. The van der Waals surface area contributed by atoms with E-state index in [1.807, 2.05) is 20.8 Å². The summed E-state index contributed by atoms with van der Waals surface area (Å²) in [5, 5.41) is 5.68. The molecule has 2 N–H and O–H groups in total. The van der Waals surface area contributed by atoms with Gasteiger partial charge in [-0.15, -0.1) is 0 Å². The van der Waals surface area contributed by atoms with E-state index >= 15 is 0 Å². The Morgan fingerprint density at radius 3 is 2.59 bits per heavy atom. The lowest BCUT2D eigenvalue weighted by Gasteiger charge is -2.20. The van der Waals surface area contributed by atoms with Crippen molar-refractivity contribution in [2.24, 2.45) is 0 Å². The highest BCUT2D eigenvalue weighted by Gasteiger charge is 2.13. The molecule has 1 rings (SSSR count). The molecule has 0 aliphatic rings. The SMILES string of the molecule is CC(C)(C)NC(=O)CNc1ccc(Cl)c(F)c1. The second-order valence-corrected chi connectivity index (χ2v) is 5.19. The fourth-order valence-electron chi connectivity index (χ4n) is 1.25. The van der Waals surface area contributed by atoms with E-state index in [1.165, 1.54) is 12.1 Å². The Morgan fingerprint density at radius 1 is 1.41 bits per heavy atom. The Kier molecular flexibility index (Phi) is 4.34.